The van der Waals surface area contributed by atoms with Crippen molar-refractivity contribution in [2.24, 2.45) is 5.84 Å². The molecule has 106 valence electrons. The monoisotopic (exact) mass is 275 g/mol. The van der Waals surface area contributed by atoms with Gasteiger partial charge in [-0.1, -0.05) is 6.07 Å². The maximum absolute atomic E-state index is 13.8. The van der Waals surface area contributed by atoms with Gasteiger partial charge in [0.1, 0.15) is 0 Å². The zero-order valence-electron chi connectivity index (χ0n) is 10.5. The molecule has 1 heterocycles. The zero-order valence-corrected chi connectivity index (χ0v) is 10.5. The molecule has 1 saturated heterocycles. The van der Waals surface area contributed by atoms with Crippen molar-refractivity contribution in [1.29, 1.82) is 0 Å². The molecule has 1 aliphatic rings. The Balaban J connectivity index is 2.29. The number of ether oxygens (including phenoxy) is 1. The van der Waals surface area contributed by atoms with Gasteiger partial charge >= 0.3 is 0 Å². The maximum Gasteiger partial charge on any atom is 0.194 e. The van der Waals surface area contributed by atoms with Crippen LogP contribution in [-0.4, -0.2) is 37.7 Å². The summed E-state index contributed by atoms with van der Waals surface area (Å²) < 4.78 is 45.5. The molecule has 2 rings (SSSR count). The van der Waals surface area contributed by atoms with Gasteiger partial charge in [0.15, 0.2) is 17.5 Å². The first-order chi connectivity index (χ1) is 9.04. The van der Waals surface area contributed by atoms with Crippen molar-refractivity contribution in [3.8, 4) is 0 Å². The average molecular weight is 275 g/mol. The normalized spacial score (nSPS) is 22.5. The van der Waals surface area contributed by atoms with Gasteiger partial charge in [0.05, 0.1) is 18.8 Å². The molecule has 1 aromatic carbocycles. The van der Waals surface area contributed by atoms with Gasteiger partial charge in [0.2, 0.25) is 0 Å². The van der Waals surface area contributed by atoms with Crippen LogP contribution in [0.3, 0.4) is 0 Å². The summed E-state index contributed by atoms with van der Waals surface area (Å²) in [6.07, 6.45) is -0.428. The van der Waals surface area contributed by atoms with Crippen LogP contribution in [0, 0.1) is 17.5 Å². The molecule has 3 N–H and O–H groups in total. The summed E-state index contributed by atoms with van der Waals surface area (Å²) in [7, 11) is 1.89. The van der Waals surface area contributed by atoms with Crippen molar-refractivity contribution in [3.05, 3.63) is 35.1 Å². The van der Waals surface area contributed by atoms with Crippen LogP contribution < -0.4 is 11.3 Å². The van der Waals surface area contributed by atoms with Crippen LogP contribution in [0.1, 0.15) is 11.6 Å². The fraction of sp³-hybridized carbons (Fsp3) is 0.500. The highest BCUT2D eigenvalue weighted by atomic mass is 19.2. The summed E-state index contributed by atoms with van der Waals surface area (Å²) in [5.41, 5.74) is 2.38. The van der Waals surface area contributed by atoms with E-state index in [2.05, 4.69) is 5.43 Å². The lowest BCUT2D eigenvalue weighted by Gasteiger charge is -2.35. The quantitative estimate of drug-likeness (QED) is 0.490. The second-order valence-corrected chi connectivity index (χ2v) is 4.58. The van der Waals surface area contributed by atoms with Crippen LogP contribution in [-0.2, 0) is 4.74 Å². The molecule has 19 heavy (non-hydrogen) atoms. The summed E-state index contributed by atoms with van der Waals surface area (Å²) >= 11 is 0. The highest BCUT2D eigenvalue weighted by Gasteiger charge is 2.30. The Kier molecular flexibility index (Phi) is 4.41. The van der Waals surface area contributed by atoms with E-state index in [0.29, 0.717) is 13.2 Å². The largest absolute Gasteiger partial charge is 0.374 e. The molecular weight excluding hydrogens is 259 g/mol. The third-order valence-corrected chi connectivity index (χ3v) is 3.25. The van der Waals surface area contributed by atoms with Crippen LogP contribution >= 0.6 is 0 Å². The van der Waals surface area contributed by atoms with Gasteiger partial charge in [-0.05, 0) is 13.1 Å². The molecule has 0 saturated carbocycles. The fourth-order valence-electron chi connectivity index (χ4n) is 2.19. The Bertz CT molecular complexity index is 458. The van der Waals surface area contributed by atoms with E-state index in [9.17, 15) is 13.2 Å². The van der Waals surface area contributed by atoms with Crippen LogP contribution in [0.5, 0.6) is 0 Å². The summed E-state index contributed by atoms with van der Waals surface area (Å²) in [6.45, 7) is 1.76. The lowest BCUT2D eigenvalue weighted by Crippen LogP contribution is -2.48. The fourth-order valence-corrected chi connectivity index (χ4v) is 2.19. The Morgan fingerprint density at radius 3 is 2.74 bits per heavy atom. The first-order valence-corrected chi connectivity index (χ1v) is 5.94. The molecule has 4 nitrogen and oxygen atoms in total. The third-order valence-electron chi connectivity index (χ3n) is 3.25. The number of rotatable bonds is 3. The minimum Gasteiger partial charge on any atom is -0.374 e. The Labute approximate surface area is 109 Å². The van der Waals surface area contributed by atoms with Gasteiger partial charge in [-0.2, -0.15) is 0 Å². The van der Waals surface area contributed by atoms with Gasteiger partial charge in [0, 0.05) is 18.7 Å². The summed E-state index contributed by atoms with van der Waals surface area (Å²) in [6, 6.07) is 1.32. The van der Waals surface area contributed by atoms with E-state index in [0.717, 1.165) is 12.6 Å². The first kappa shape index (κ1) is 14.3. The Hall–Kier alpha value is -1.15. The molecule has 1 fully saturated rings. The number of morpholine rings is 1. The van der Waals surface area contributed by atoms with Gasteiger partial charge < -0.3 is 9.64 Å². The molecule has 0 amide bonds. The summed E-state index contributed by atoms with van der Waals surface area (Å²) in [4.78, 5) is 2.00. The van der Waals surface area contributed by atoms with E-state index >= 15 is 0 Å². The van der Waals surface area contributed by atoms with Crippen molar-refractivity contribution in [2.75, 3.05) is 26.7 Å². The number of nitrogens with zero attached hydrogens (tertiary/aromatic N) is 1. The van der Waals surface area contributed by atoms with E-state index in [1.807, 2.05) is 11.9 Å². The van der Waals surface area contributed by atoms with Gasteiger partial charge in [0.25, 0.3) is 0 Å². The van der Waals surface area contributed by atoms with Gasteiger partial charge in [-0.3, -0.25) is 11.3 Å². The molecule has 2 atom stereocenters. The number of halogens is 3. The van der Waals surface area contributed by atoms with Crippen LogP contribution in [0.25, 0.3) is 0 Å². The van der Waals surface area contributed by atoms with Gasteiger partial charge in [-0.15, -0.1) is 0 Å². The second-order valence-electron chi connectivity index (χ2n) is 4.58. The number of hydrogen-bond donors (Lipinski definition) is 2. The molecule has 0 bridgehead atoms. The summed E-state index contributed by atoms with van der Waals surface area (Å²) in [5, 5.41) is 0. The number of benzene rings is 1. The lowest BCUT2D eigenvalue weighted by molar-refractivity contribution is -0.0399. The molecule has 7 heteroatoms. The molecule has 0 aromatic heterocycles. The minimum absolute atomic E-state index is 0.0401. The molecule has 2 unspecified atom stereocenters. The first-order valence-electron chi connectivity index (χ1n) is 5.94. The van der Waals surface area contributed by atoms with Crippen LogP contribution in [0.2, 0.25) is 0 Å². The lowest BCUT2D eigenvalue weighted by atomic mass is 9.99. The molecule has 1 aliphatic heterocycles. The standard InChI is InChI=1S/C12H16F3N3O/c1-18-4-5-19-9(6-18)12(17-16)7-2-3-8(13)11(15)10(7)14/h2-3,9,12,17H,4-6,16H2,1H3. The second kappa shape index (κ2) is 5.87. The van der Waals surface area contributed by atoms with Crippen molar-refractivity contribution >= 4 is 0 Å². The number of nitrogens with one attached hydrogen (secondary N) is 1. The third kappa shape index (κ3) is 2.89. The molecule has 0 spiro atoms. The highest BCUT2D eigenvalue weighted by Crippen LogP contribution is 2.26. The van der Waals surface area contributed by atoms with Crippen molar-refractivity contribution in [2.45, 2.75) is 12.1 Å². The van der Waals surface area contributed by atoms with Crippen LogP contribution in [0.4, 0.5) is 13.2 Å². The smallest absolute Gasteiger partial charge is 0.194 e. The van der Waals surface area contributed by atoms with E-state index in [-0.39, 0.29) is 5.56 Å². The number of hydrogen-bond acceptors (Lipinski definition) is 4. The number of nitrogens with two attached hydrogens (primary N) is 1. The predicted octanol–water partition coefficient (Wildman–Crippen LogP) is 0.939. The summed E-state index contributed by atoms with van der Waals surface area (Å²) in [5.74, 6) is 1.45. The number of hydrazine groups is 1. The predicted molar refractivity (Wildman–Crippen MR) is 63.6 cm³/mol. The van der Waals surface area contributed by atoms with Crippen molar-refractivity contribution in [3.63, 3.8) is 0 Å². The highest BCUT2D eigenvalue weighted by molar-refractivity contribution is 5.24. The van der Waals surface area contributed by atoms with Crippen molar-refractivity contribution < 1.29 is 17.9 Å². The molecular formula is C12H16F3N3O. The molecule has 0 aliphatic carbocycles. The zero-order chi connectivity index (χ0) is 14.0. The average Bonchev–Trinajstić information content (AvgIpc) is 2.40. The maximum atomic E-state index is 13.8. The van der Waals surface area contributed by atoms with E-state index in [4.69, 9.17) is 10.6 Å². The topological polar surface area (TPSA) is 50.5 Å². The molecule has 1 aromatic rings. The molecule has 0 radical (unpaired) electrons. The Morgan fingerprint density at radius 1 is 1.37 bits per heavy atom. The number of likely N-dealkylation sites (N-methyl/N-ethyl adjacent to an activating group) is 1. The SMILES string of the molecule is CN1CCOC(C(NN)c2ccc(F)c(F)c2F)C1. The van der Waals surface area contributed by atoms with E-state index < -0.39 is 29.6 Å². The Morgan fingerprint density at radius 2 is 2.11 bits per heavy atom. The van der Waals surface area contributed by atoms with E-state index in [1.165, 1.54) is 6.07 Å². The minimum atomic E-state index is -1.50. The van der Waals surface area contributed by atoms with Crippen molar-refractivity contribution in [1.82, 2.24) is 10.3 Å². The van der Waals surface area contributed by atoms with E-state index in [1.54, 1.807) is 0 Å². The van der Waals surface area contributed by atoms with Gasteiger partial charge in [-0.25, -0.2) is 13.2 Å². The van der Waals surface area contributed by atoms with Crippen LogP contribution in [0.15, 0.2) is 12.1 Å².